The molecule has 16 heteroatoms. The molecule has 1 atom stereocenters. The molecule has 1 amide bonds. The Balaban J connectivity index is 0.000000199. The van der Waals surface area contributed by atoms with Gasteiger partial charge in [-0.2, -0.15) is 26.3 Å². The summed E-state index contributed by atoms with van der Waals surface area (Å²) in [7, 11) is 1.46. The zero-order valence-electron chi connectivity index (χ0n) is 27.6. The number of fused-ring (bicyclic) bond motifs is 1. The monoisotopic (exact) mass is 722 g/mol. The van der Waals surface area contributed by atoms with Crippen molar-refractivity contribution in [2.75, 3.05) is 31.2 Å². The highest BCUT2D eigenvalue weighted by Crippen LogP contribution is 2.44. The first-order valence-corrected chi connectivity index (χ1v) is 15.8. The van der Waals surface area contributed by atoms with Crippen molar-refractivity contribution in [2.45, 2.75) is 51.0 Å². The van der Waals surface area contributed by atoms with Gasteiger partial charge in [0.15, 0.2) is 0 Å². The molecule has 6 rings (SSSR count). The highest BCUT2D eigenvalue weighted by Gasteiger charge is 2.46. The van der Waals surface area contributed by atoms with Crippen LogP contribution in [-0.4, -0.2) is 65.1 Å². The average Bonchev–Trinajstić information content (AvgIpc) is 3.92. The minimum atomic E-state index is -4.63. The number of hydrogen-bond donors (Lipinski definition) is 2. The summed E-state index contributed by atoms with van der Waals surface area (Å²) in [4.78, 5) is 40.7. The van der Waals surface area contributed by atoms with Crippen LogP contribution in [0.5, 0.6) is 0 Å². The number of anilines is 1. The molecule has 51 heavy (non-hydrogen) atoms. The van der Waals surface area contributed by atoms with Crippen LogP contribution in [0.15, 0.2) is 53.5 Å². The molecule has 3 heterocycles. The van der Waals surface area contributed by atoms with Gasteiger partial charge in [0.25, 0.3) is 11.5 Å². The van der Waals surface area contributed by atoms with Gasteiger partial charge < -0.3 is 24.6 Å². The summed E-state index contributed by atoms with van der Waals surface area (Å²) in [6.45, 7) is 2.12. The summed E-state index contributed by atoms with van der Waals surface area (Å²) < 4.78 is 101. The molecule has 2 fully saturated rings. The molecule has 0 spiro atoms. The number of carboxylic acids is 1. The van der Waals surface area contributed by atoms with Crippen LogP contribution in [0.25, 0.3) is 22.0 Å². The van der Waals surface area contributed by atoms with Crippen LogP contribution < -0.4 is 15.8 Å². The maximum Gasteiger partial charge on any atom is 0.417 e. The van der Waals surface area contributed by atoms with Crippen LogP contribution in [0.4, 0.5) is 36.4 Å². The first-order valence-electron chi connectivity index (χ1n) is 15.8. The number of carboxylic acid groups (broad SMARTS) is 1. The van der Waals surface area contributed by atoms with Gasteiger partial charge in [-0.05, 0) is 68.0 Å². The van der Waals surface area contributed by atoms with Crippen molar-refractivity contribution in [2.24, 2.45) is 7.05 Å². The maximum absolute atomic E-state index is 14.7. The number of aromatic nitrogens is 2. The number of aliphatic carboxylic acids is 1. The molecule has 1 unspecified atom stereocenters. The summed E-state index contributed by atoms with van der Waals surface area (Å²) in [5.74, 6) is -3.27. The van der Waals surface area contributed by atoms with Crippen molar-refractivity contribution in [1.29, 1.82) is 0 Å². The number of halogens is 7. The average molecular weight is 723 g/mol. The summed E-state index contributed by atoms with van der Waals surface area (Å²) in [6.07, 6.45) is -6.29. The fourth-order valence-corrected chi connectivity index (χ4v) is 5.98. The second kappa shape index (κ2) is 14.3. The van der Waals surface area contributed by atoms with E-state index in [0.29, 0.717) is 23.9 Å². The van der Waals surface area contributed by atoms with E-state index in [1.165, 1.54) is 36.9 Å². The van der Waals surface area contributed by atoms with E-state index in [2.05, 4.69) is 10.3 Å². The Morgan fingerprint density at radius 3 is 2.39 bits per heavy atom. The number of benzene rings is 2. The van der Waals surface area contributed by atoms with E-state index in [4.69, 9.17) is 9.84 Å². The van der Waals surface area contributed by atoms with E-state index in [-0.39, 0.29) is 47.1 Å². The number of carbonyl (C=O) groups excluding carboxylic acids is 1. The molecule has 9 nitrogen and oxygen atoms in total. The fraction of sp³-hybridized carbons (Fsp3) is 0.371. The number of carbonyl (C=O) groups is 2. The van der Waals surface area contributed by atoms with Crippen molar-refractivity contribution >= 4 is 28.5 Å². The van der Waals surface area contributed by atoms with E-state index in [9.17, 15) is 45.1 Å². The van der Waals surface area contributed by atoms with Crippen molar-refractivity contribution < 1.29 is 50.2 Å². The second-order valence-electron chi connectivity index (χ2n) is 12.3. The fourth-order valence-electron chi connectivity index (χ4n) is 5.98. The number of aryl methyl sites for hydroxylation is 2. The van der Waals surface area contributed by atoms with Gasteiger partial charge in [-0.3, -0.25) is 19.4 Å². The molecule has 272 valence electrons. The number of ether oxygens (including phenoxy) is 1. The van der Waals surface area contributed by atoms with Gasteiger partial charge in [0, 0.05) is 42.1 Å². The summed E-state index contributed by atoms with van der Waals surface area (Å²) in [5.41, 5.74) is -0.210. The Labute approximate surface area is 286 Å². The number of alkyl halides is 6. The van der Waals surface area contributed by atoms with E-state index >= 15 is 0 Å². The van der Waals surface area contributed by atoms with E-state index in [0.717, 1.165) is 28.0 Å². The number of morpholine rings is 1. The van der Waals surface area contributed by atoms with Gasteiger partial charge in [-0.25, -0.2) is 4.39 Å². The van der Waals surface area contributed by atoms with Gasteiger partial charge in [0.05, 0.1) is 35.4 Å². The molecular formula is C35H33F7N4O5. The van der Waals surface area contributed by atoms with Crippen LogP contribution >= 0.6 is 0 Å². The molecule has 2 aliphatic rings. The third kappa shape index (κ3) is 8.00. The van der Waals surface area contributed by atoms with Gasteiger partial charge in [0.2, 0.25) is 0 Å². The Morgan fingerprint density at radius 1 is 1.06 bits per heavy atom. The summed E-state index contributed by atoms with van der Waals surface area (Å²) in [6, 6.07) is 8.15. The van der Waals surface area contributed by atoms with Crippen molar-refractivity contribution in [3.05, 3.63) is 92.8 Å². The minimum absolute atomic E-state index is 0.0369. The maximum atomic E-state index is 14.7. The lowest BCUT2D eigenvalue weighted by Crippen LogP contribution is -2.53. The normalized spacial score (nSPS) is 16.4. The third-order valence-electron chi connectivity index (χ3n) is 8.82. The predicted octanol–water partition coefficient (Wildman–Crippen LogP) is 6.52. The number of nitrogens with one attached hydrogen (secondary N) is 1. The molecule has 1 saturated carbocycles. The number of hydrogen-bond acceptors (Lipinski definition) is 6. The van der Waals surface area contributed by atoms with Gasteiger partial charge in [-0.1, -0.05) is 18.2 Å². The van der Waals surface area contributed by atoms with Crippen molar-refractivity contribution in [3.63, 3.8) is 0 Å². The zero-order valence-corrected chi connectivity index (χ0v) is 27.6. The number of nitrogens with zero attached hydrogens (tertiary/aromatic N) is 3. The molecule has 4 aromatic rings. The Kier molecular flexibility index (Phi) is 10.5. The van der Waals surface area contributed by atoms with Gasteiger partial charge in [-0.15, -0.1) is 0 Å². The molecule has 2 aromatic heterocycles. The molecule has 2 aromatic carbocycles. The zero-order chi connectivity index (χ0) is 37.4. The molecule has 1 aliphatic heterocycles. The summed E-state index contributed by atoms with van der Waals surface area (Å²) >= 11 is 0. The molecule has 1 aliphatic carbocycles. The first-order chi connectivity index (χ1) is 23.9. The minimum Gasteiger partial charge on any atom is -0.480 e. The topological polar surface area (TPSA) is 114 Å². The lowest BCUT2D eigenvalue weighted by Gasteiger charge is -2.38. The van der Waals surface area contributed by atoms with Crippen LogP contribution in [0.2, 0.25) is 0 Å². The number of amides is 1. The molecule has 2 N–H and O–H groups in total. The Hall–Kier alpha value is -4.99. The number of rotatable bonds is 6. The van der Waals surface area contributed by atoms with Crippen molar-refractivity contribution in [1.82, 2.24) is 14.9 Å². The van der Waals surface area contributed by atoms with Gasteiger partial charge in [0.1, 0.15) is 18.4 Å². The van der Waals surface area contributed by atoms with Crippen LogP contribution in [0, 0.1) is 19.7 Å². The SMILES string of the molecule is Cc1ccc(-c2c(C(F)(F)F)cc(C)n(C)c2=O)c2ncccc12.O=C(O)CNC(=O)c1c(F)cc(N2CCOCC2C(F)(F)F)cc1C1CC1. The quantitative estimate of drug-likeness (QED) is 0.218. The largest absolute Gasteiger partial charge is 0.480 e. The summed E-state index contributed by atoms with van der Waals surface area (Å²) in [5, 5.41) is 11.5. The van der Waals surface area contributed by atoms with Crippen LogP contribution in [0.1, 0.15) is 51.5 Å². The number of pyridine rings is 2. The van der Waals surface area contributed by atoms with Crippen molar-refractivity contribution in [3.8, 4) is 11.1 Å². The molecule has 1 saturated heterocycles. The van der Waals surface area contributed by atoms with E-state index in [1.54, 1.807) is 18.2 Å². The Morgan fingerprint density at radius 2 is 1.76 bits per heavy atom. The van der Waals surface area contributed by atoms with Crippen LogP contribution in [0.3, 0.4) is 0 Å². The van der Waals surface area contributed by atoms with Crippen LogP contribution in [-0.2, 0) is 22.8 Å². The third-order valence-corrected chi connectivity index (χ3v) is 8.82. The highest BCUT2D eigenvalue weighted by molar-refractivity contribution is 5.98. The Bertz CT molecular complexity index is 2040. The molecular weight excluding hydrogens is 689 g/mol. The highest BCUT2D eigenvalue weighted by atomic mass is 19.4. The second-order valence-corrected chi connectivity index (χ2v) is 12.3. The first kappa shape index (κ1) is 37.3. The van der Waals surface area contributed by atoms with E-state index in [1.807, 2.05) is 6.92 Å². The molecule has 0 bridgehead atoms. The smallest absolute Gasteiger partial charge is 0.417 e. The predicted molar refractivity (Wildman–Crippen MR) is 173 cm³/mol. The van der Waals surface area contributed by atoms with Gasteiger partial charge >= 0.3 is 18.3 Å². The standard InChI is InChI=1S/C18H15F3N2O.C17H18F4N2O4/c1-10-6-7-13(16-12(10)5-4-8-22-16)15-14(18(19,20)21)9-11(2)23(3)17(15)24;18-12-6-10(23-3-4-27-8-13(23)17(19,20)21)5-11(9-1-2-9)15(12)16(26)22-7-14(24)25/h4-9H,1-3H3;5-6,9,13H,1-4,7-8H2,(H,22,26)(H,24,25). The molecule has 0 radical (unpaired) electrons. The lowest BCUT2D eigenvalue weighted by molar-refractivity contribution is -0.167. The lowest BCUT2D eigenvalue weighted by atomic mass is 9.95. The van der Waals surface area contributed by atoms with E-state index < -0.39 is 60.4 Å².